The number of nitrogens with two attached hydrogens (primary N) is 1. The van der Waals surface area contributed by atoms with Gasteiger partial charge in [0.2, 0.25) is 0 Å². The van der Waals surface area contributed by atoms with E-state index >= 15 is 0 Å². The first kappa shape index (κ1) is 25.0. The van der Waals surface area contributed by atoms with Gasteiger partial charge in [0.15, 0.2) is 0 Å². The van der Waals surface area contributed by atoms with E-state index in [1.165, 1.54) is 18.3 Å². The maximum atomic E-state index is 13.7. The van der Waals surface area contributed by atoms with Gasteiger partial charge in [-0.05, 0) is 56.5 Å². The Hall–Kier alpha value is -3.70. The molecule has 2 amide bonds. The molecular formula is C25H25F5N6O. The highest BCUT2D eigenvalue weighted by molar-refractivity contribution is 5.76. The summed E-state index contributed by atoms with van der Waals surface area (Å²) in [7, 11) is 0. The van der Waals surface area contributed by atoms with Crippen molar-refractivity contribution in [2.75, 3.05) is 18.8 Å². The van der Waals surface area contributed by atoms with Gasteiger partial charge in [0, 0.05) is 48.6 Å². The summed E-state index contributed by atoms with van der Waals surface area (Å²) in [6.45, 7) is 4.72. The first-order chi connectivity index (χ1) is 17.3. The first-order valence-electron chi connectivity index (χ1n) is 11.7. The lowest BCUT2D eigenvalue weighted by Crippen LogP contribution is -2.48. The predicted octanol–water partition coefficient (Wildman–Crippen LogP) is 4.82. The lowest BCUT2D eigenvalue weighted by atomic mass is 9.82. The number of fused-ring (bicyclic) bond motifs is 2. The van der Waals surface area contributed by atoms with Crippen molar-refractivity contribution in [1.82, 2.24) is 25.0 Å². The number of nitrogens with one attached hydrogen (secondary N) is 1. The quantitative estimate of drug-likeness (QED) is 0.485. The number of alkyl halides is 3. The van der Waals surface area contributed by atoms with Crippen LogP contribution in [0.15, 0.2) is 36.5 Å². The molecule has 1 fully saturated rings. The summed E-state index contributed by atoms with van der Waals surface area (Å²) in [5.74, 6) is -2.06. The van der Waals surface area contributed by atoms with Gasteiger partial charge in [-0.25, -0.2) is 18.6 Å². The van der Waals surface area contributed by atoms with Crippen LogP contribution in [0.5, 0.6) is 0 Å². The number of carbonyl (C=O) groups excluding carboxylic acids is 1. The van der Waals surface area contributed by atoms with Gasteiger partial charge >= 0.3 is 12.2 Å². The van der Waals surface area contributed by atoms with E-state index in [1.807, 2.05) is 0 Å². The van der Waals surface area contributed by atoms with Crippen molar-refractivity contribution in [2.24, 2.45) is 0 Å². The van der Waals surface area contributed by atoms with Crippen molar-refractivity contribution in [3.05, 3.63) is 65.0 Å². The van der Waals surface area contributed by atoms with Crippen molar-refractivity contribution >= 4 is 11.8 Å². The molecule has 0 aliphatic carbocycles. The molecule has 4 heterocycles. The molecule has 0 saturated carbocycles. The number of nitrogens with zero attached hydrogens (tertiary/aromatic N) is 4. The standard InChI is InChI=1S/C25H25F5N6O/c1-23(2,15-8-16(26)10-17(27)9-15)33-22(37)35-5-3-24(13-35)4-6-36-20(24)11-19(34-36)14-7-18(25(28,29)30)21(31)32-12-14/h7-12H,3-6,13H2,1-2H3,(H2,31,32)(H,33,37)/t24-/m1/s1. The number of aryl methyl sites for hydroxylation is 1. The number of anilines is 1. The Bertz CT molecular complexity index is 1360. The van der Waals surface area contributed by atoms with E-state index in [9.17, 15) is 26.7 Å². The van der Waals surface area contributed by atoms with Gasteiger partial charge in [-0.15, -0.1) is 0 Å². The molecule has 2 aliphatic rings. The number of amides is 2. The predicted molar refractivity (Wildman–Crippen MR) is 125 cm³/mol. The van der Waals surface area contributed by atoms with Crippen molar-refractivity contribution in [3.63, 3.8) is 0 Å². The van der Waals surface area contributed by atoms with Gasteiger partial charge in [0.25, 0.3) is 0 Å². The van der Waals surface area contributed by atoms with Crippen LogP contribution in [0.3, 0.4) is 0 Å². The lowest BCUT2D eigenvalue weighted by molar-refractivity contribution is -0.137. The molecule has 1 aromatic carbocycles. The molecule has 0 bridgehead atoms. The number of aromatic nitrogens is 3. The third-order valence-corrected chi connectivity index (χ3v) is 7.29. The normalized spacial score (nSPS) is 19.5. The summed E-state index contributed by atoms with van der Waals surface area (Å²) in [5.41, 5.74) is 4.67. The first-order valence-corrected chi connectivity index (χ1v) is 11.7. The molecule has 3 aromatic rings. The number of urea groups is 1. The molecule has 1 atom stereocenters. The molecule has 1 saturated heterocycles. The van der Waals surface area contributed by atoms with Gasteiger partial charge in [0.1, 0.15) is 17.5 Å². The number of nitrogen functional groups attached to an aromatic ring is 1. The Morgan fingerprint density at radius 1 is 1.05 bits per heavy atom. The fourth-order valence-electron chi connectivity index (χ4n) is 5.24. The van der Waals surface area contributed by atoms with Gasteiger partial charge < -0.3 is 16.0 Å². The van der Waals surface area contributed by atoms with Crippen LogP contribution in [0.1, 0.15) is 43.5 Å². The van der Waals surface area contributed by atoms with Crippen LogP contribution in [0, 0.1) is 11.6 Å². The Kier molecular flexibility index (Phi) is 5.68. The topological polar surface area (TPSA) is 89.1 Å². The zero-order valence-corrected chi connectivity index (χ0v) is 20.2. The van der Waals surface area contributed by atoms with E-state index < -0.39 is 40.1 Å². The fourth-order valence-corrected chi connectivity index (χ4v) is 5.24. The number of benzene rings is 1. The van der Waals surface area contributed by atoms with Gasteiger partial charge in [0.05, 0.1) is 16.8 Å². The largest absolute Gasteiger partial charge is 0.419 e. The molecule has 2 aliphatic heterocycles. The van der Waals surface area contributed by atoms with Crippen LogP contribution in [-0.4, -0.2) is 38.8 Å². The second-order valence-electron chi connectivity index (χ2n) is 10.2. The Morgan fingerprint density at radius 3 is 2.41 bits per heavy atom. The maximum absolute atomic E-state index is 13.7. The highest BCUT2D eigenvalue weighted by atomic mass is 19.4. The molecule has 1 spiro atoms. The summed E-state index contributed by atoms with van der Waals surface area (Å²) in [6.07, 6.45) is -2.00. The molecule has 0 unspecified atom stereocenters. The minimum absolute atomic E-state index is 0.204. The van der Waals surface area contributed by atoms with E-state index in [1.54, 1.807) is 29.5 Å². The average molecular weight is 521 g/mol. The number of likely N-dealkylation sites (tertiary alicyclic amines) is 1. The second kappa shape index (κ2) is 8.42. The van der Waals surface area contributed by atoms with Gasteiger partial charge in [-0.3, -0.25) is 4.68 Å². The van der Waals surface area contributed by atoms with Crippen LogP contribution in [0.4, 0.5) is 32.6 Å². The van der Waals surface area contributed by atoms with Crippen molar-refractivity contribution < 1.29 is 26.7 Å². The highest BCUT2D eigenvalue weighted by Crippen LogP contribution is 2.44. The van der Waals surface area contributed by atoms with Crippen LogP contribution in [0.2, 0.25) is 0 Å². The molecule has 5 rings (SSSR count). The molecule has 37 heavy (non-hydrogen) atoms. The molecular weight excluding hydrogens is 495 g/mol. The number of carbonyl (C=O) groups is 1. The molecule has 196 valence electrons. The number of hydrogen-bond donors (Lipinski definition) is 2. The number of halogens is 5. The van der Waals surface area contributed by atoms with E-state index in [0.717, 1.165) is 24.2 Å². The van der Waals surface area contributed by atoms with Gasteiger partial charge in [-0.2, -0.15) is 18.3 Å². The highest BCUT2D eigenvalue weighted by Gasteiger charge is 2.47. The molecule has 12 heteroatoms. The van der Waals surface area contributed by atoms with E-state index in [2.05, 4.69) is 15.4 Å². The Labute approximate surface area is 209 Å². The van der Waals surface area contributed by atoms with E-state index in [4.69, 9.17) is 5.73 Å². The minimum atomic E-state index is -4.64. The third-order valence-electron chi connectivity index (χ3n) is 7.29. The van der Waals surface area contributed by atoms with Crippen LogP contribution in [0.25, 0.3) is 11.3 Å². The summed E-state index contributed by atoms with van der Waals surface area (Å²) < 4.78 is 69.1. The SMILES string of the molecule is CC(C)(NC(=O)N1CC[C@@]2(CCn3nc(-c4cnc(N)c(C(F)(F)F)c4)cc32)C1)c1cc(F)cc(F)c1. The Balaban J connectivity index is 1.35. The van der Waals surface area contributed by atoms with Crippen LogP contribution >= 0.6 is 0 Å². The van der Waals surface area contributed by atoms with Crippen molar-refractivity contribution in [3.8, 4) is 11.3 Å². The number of hydrogen-bond acceptors (Lipinski definition) is 4. The molecule has 2 aromatic heterocycles. The zero-order chi connectivity index (χ0) is 26.8. The van der Waals surface area contributed by atoms with Crippen LogP contribution in [-0.2, 0) is 23.7 Å². The minimum Gasteiger partial charge on any atom is -0.383 e. The summed E-state index contributed by atoms with van der Waals surface area (Å²) in [4.78, 5) is 18.5. The lowest BCUT2D eigenvalue weighted by Gasteiger charge is -2.30. The number of rotatable bonds is 3. The summed E-state index contributed by atoms with van der Waals surface area (Å²) in [5, 5.41) is 7.36. The van der Waals surface area contributed by atoms with Crippen LogP contribution < -0.4 is 11.1 Å². The average Bonchev–Trinajstić information content (AvgIpc) is 3.49. The smallest absolute Gasteiger partial charge is 0.383 e. The molecule has 7 nitrogen and oxygen atoms in total. The second-order valence-corrected chi connectivity index (χ2v) is 10.2. The maximum Gasteiger partial charge on any atom is 0.419 e. The van der Waals surface area contributed by atoms with E-state index in [0.29, 0.717) is 37.3 Å². The summed E-state index contributed by atoms with van der Waals surface area (Å²) in [6, 6.07) is 5.46. The molecule has 3 N–H and O–H groups in total. The molecule has 0 radical (unpaired) electrons. The third kappa shape index (κ3) is 4.49. The fraction of sp³-hybridized carbons (Fsp3) is 0.400. The Morgan fingerprint density at radius 2 is 1.73 bits per heavy atom. The van der Waals surface area contributed by atoms with Gasteiger partial charge in [-0.1, -0.05) is 0 Å². The van der Waals surface area contributed by atoms with Crippen molar-refractivity contribution in [2.45, 2.75) is 50.4 Å². The number of pyridine rings is 1. The van der Waals surface area contributed by atoms with E-state index in [-0.39, 0.29) is 11.6 Å². The van der Waals surface area contributed by atoms with Crippen molar-refractivity contribution in [1.29, 1.82) is 0 Å². The zero-order valence-electron chi connectivity index (χ0n) is 20.2. The monoisotopic (exact) mass is 520 g/mol. The summed E-state index contributed by atoms with van der Waals surface area (Å²) >= 11 is 0.